The van der Waals surface area contributed by atoms with Crippen LogP contribution < -0.4 is 0 Å². The molecule has 0 fully saturated rings. The van der Waals surface area contributed by atoms with Crippen LogP contribution >= 0.6 is 0 Å². The van der Waals surface area contributed by atoms with Crippen LogP contribution in [0.1, 0.15) is 0 Å². The van der Waals surface area contributed by atoms with E-state index in [2.05, 4.69) is 14.9 Å². The number of fused-ring (bicyclic) bond motifs is 1. The molecule has 0 saturated carbocycles. The van der Waals surface area contributed by atoms with Crippen molar-refractivity contribution in [3.8, 4) is 11.1 Å². The third-order valence-electron chi connectivity index (χ3n) is 2.68. The lowest BCUT2D eigenvalue weighted by molar-refractivity contribution is -0.383. The Morgan fingerprint density at radius 3 is 2.44 bits per heavy atom. The summed E-state index contributed by atoms with van der Waals surface area (Å²) in [5.41, 5.74) is 2.13. The number of nitro benzene ring substituents is 1. The van der Waals surface area contributed by atoms with E-state index < -0.39 is 4.92 Å². The summed E-state index contributed by atoms with van der Waals surface area (Å²) in [4.78, 5) is 10.4. The Balaban J connectivity index is 2.30. The highest BCUT2D eigenvalue weighted by molar-refractivity contribution is 5.95. The van der Waals surface area contributed by atoms with Gasteiger partial charge in [-0.25, -0.2) is 4.63 Å². The van der Waals surface area contributed by atoms with Gasteiger partial charge in [0.1, 0.15) is 5.52 Å². The van der Waals surface area contributed by atoms with Crippen LogP contribution in [0.3, 0.4) is 0 Å². The SMILES string of the molecule is O=[N+]([O-])c1ccc(-c2ccccc2)c2nonc12. The molecule has 1 heterocycles. The van der Waals surface area contributed by atoms with Crippen LogP contribution in [0.25, 0.3) is 22.2 Å². The minimum Gasteiger partial charge on any atom is -0.258 e. The average molecular weight is 241 g/mol. The van der Waals surface area contributed by atoms with Gasteiger partial charge in [-0.05, 0) is 21.9 Å². The van der Waals surface area contributed by atoms with E-state index in [4.69, 9.17) is 0 Å². The van der Waals surface area contributed by atoms with Crippen molar-refractivity contribution in [2.24, 2.45) is 0 Å². The number of nitro groups is 1. The van der Waals surface area contributed by atoms with Gasteiger partial charge in [-0.1, -0.05) is 30.3 Å². The predicted molar refractivity (Wildman–Crippen MR) is 63.9 cm³/mol. The largest absolute Gasteiger partial charge is 0.300 e. The molecule has 2 aromatic carbocycles. The molecule has 0 radical (unpaired) electrons. The van der Waals surface area contributed by atoms with Crippen LogP contribution in [-0.4, -0.2) is 15.2 Å². The number of hydrogen-bond donors (Lipinski definition) is 0. The summed E-state index contributed by atoms with van der Waals surface area (Å²) in [6.07, 6.45) is 0. The zero-order valence-electron chi connectivity index (χ0n) is 9.11. The summed E-state index contributed by atoms with van der Waals surface area (Å²) in [5.74, 6) is 0. The molecule has 0 aliphatic rings. The zero-order chi connectivity index (χ0) is 12.5. The van der Waals surface area contributed by atoms with Gasteiger partial charge in [0.15, 0.2) is 0 Å². The topological polar surface area (TPSA) is 82.1 Å². The number of nitrogens with zero attached hydrogens (tertiary/aromatic N) is 3. The molecule has 3 rings (SSSR count). The summed E-state index contributed by atoms with van der Waals surface area (Å²) < 4.78 is 4.61. The Bertz CT molecular complexity index is 722. The van der Waals surface area contributed by atoms with Gasteiger partial charge >= 0.3 is 5.69 Å². The van der Waals surface area contributed by atoms with E-state index in [1.165, 1.54) is 6.07 Å². The maximum absolute atomic E-state index is 10.9. The molecule has 0 spiro atoms. The fourth-order valence-electron chi connectivity index (χ4n) is 1.85. The third kappa shape index (κ3) is 1.51. The van der Waals surface area contributed by atoms with E-state index in [0.717, 1.165) is 11.1 Å². The van der Waals surface area contributed by atoms with Gasteiger partial charge in [-0.3, -0.25) is 10.1 Å². The van der Waals surface area contributed by atoms with Crippen molar-refractivity contribution in [2.45, 2.75) is 0 Å². The minimum atomic E-state index is -0.499. The number of non-ortho nitro benzene ring substituents is 1. The highest BCUT2D eigenvalue weighted by Gasteiger charge is 2.19. The molecule has 0 atom stereocenters. The van der Waals surface area contributed by atoms with Gasteiger partial charge in [-0.15, -0.1) is 0 Å². The second-order valence-electron chi connectivity index (χ2n) is 3.72. The lowest BCUT2D eigenvalue weighted by Crippen LogP contribution is -1.90. The second kappa shape index (κ2) is 3.92. The van der Waals surface area contributed by atoms with E-state index in [1.807, 2.05) is 30.3 Å². The average Bonchev–Trinajstić information content (AvgIpc) is 2.87. The van der Waals surface area contributed by atoms with Crippen molar-refractivity contribution in [2.75, 3.05) is 0 Å². The van der Waals surface area contributed by atoms with Crippen LogP contribution in [-0.2, 0) is 0 Å². The van der Waals surface area contributed by atoms with Gasteiger partial charge in [0, 0.05) is 11.6 Å². The summed E-state index contributed by atoms with van der Waals surface area (Å²) in [7, 11) is 0. The normalized spacial score (nSPS) is 10.7. The second-order valence-corrected chi connectivity index (χ2v) is 3.72. The Morgan fingerprint density at radius 2 is 1.72 bits per heavy atom. The third-order valence-corrected chi connectivity index (χ3v) is 2.68. The maximum atomic E-state index is 10.9. The first-order valence-electron chi connectivity index (χ1n) is 5.22. The quantitative estimate of drug-likeness (QED) is 0.509. The summed E-state index contributed by atoms with van der Waals surface area (Å²) in [6.45, 7) is 0. The van der Waals surface area contributed by atoms with Gasteiger partial charge in [0.25, 0.3) is 0 Å². The van der Waals surface area contributed by atoms with Crippen LogP contribution in [0.5, 0.6) is 0 Å². The molecule has 0 unspecified atom stereocenters. The molecular weight excluding hydrogens is 234 g/mol. The molecular formula is C12H7N3O3. The van der Waals surface area contributed by atoms with Crippen LogP contribution in [0.4, 0.5) is 5.69 Å². The van der Waals surface area contributed by atoms with E-state index in [9.17, 15) is 10.1 Å². The standard InChI is InChI=1S/C12H7N3O3/c16-15(17)10-7-6-9(8-4-2-1-3-5-8)11-12(10)14-18-13-11/h1-7H. The molecule has 0 amide bonds. The molecule has 0 aliphatic heterocycles. The van der Waals surface area contributed by atoms with Crippen molar-refractivity contribution >= 4 is 16.7 Å². The Labute approximate surface area is 101 Å². The molecule has 3 aromatic rings. The number of aromatic nitrogens is 2. The fourth-order valence-corrected chi connectivity index (χ4v) is 1.85. The highest BCUT2D eigenvalue weighted by atomic mass is 16.6. The number of benzene rings is 2. The van der Waals surface area contributed by atoms with E-state index in [1.54, 1.807) is 6.07 Å². The van der Waals surface area contributed by atoms with Crippen molar-refractivity contribution < 1.29 is 9.55 Å². The summed E-state index contributed by atoms with van der Waals surface area (Å²) in [5, 5.41) is 18.2. The Hall–Kier alpha value is -2.76. The van der Waals surface area contributed by atoms with E-state index in [0.29, 0.717) is 5.52 Å². The van der Waals surface area contributed by atoms with Crippen molar-refractivity contribution in [3.63, 3.8) is 0 Å². The molecule has 18 heavy (non-hydrogen) atoms. The first-order valence-corrected chi connectivity index (χ1v) is 5.22. The van der Waals surface area contributed by atoms with Crippen LogP contribution in [0.2, 0.25) is 0 Å². The fraction of sp³-hybridized carbons (Fsp3) is 0. The molecule has 1 aromatic heterocycles. The number of rotatable bonds is 2. The van der Waals surface area contributed by atoms with Gasteiger partial charge in [-0.2, -0.15) is 0 Å². The van der Waals surface area contributed by atoms with Crippen molar-refractivity contribution in [1.82, 2.24) is 10.3 Å². The molecule has 0 aliphatic carbocycles. The molecule has 0 bridgehead atoms. The molecule has 6 nitrogen and oxygen atoms in total. The maximum Gasteiger partial charge on any atom is 0.300 e. The molecule has 6 heteroatoms. The first-order chi connectivity index (χ1) is 8.77. The monoisotopic (exact) mass is 241 g/mol. The van der Waals surface area contributed by atoms with Gasteiger partial charge in [0.05, 0.1) is 4.92 Å². The van der Waals surface area contributed by atoms with Crippen molar-refractivity contribution in [1.29, 1.82) is 0 Å². The lowest BCUT2D eigenvalue weighted by atomic mass is 10.0. The minimum absolute atomic E-state index is 0.106. The van der Waals surface area contributed by atoms with Crippen LogP contribution in [0.15, 0.2) is 47.1 Å². The van der Waals surface area contributed by atoms with Crippen molar-refractivity contribution in [3.05, 3.63) is 52.6 Å². The first kappa shape index (κ1) is 10.4. The summed E-state index contributed by atoms with van der Waals surface area (Å²) in [6, 6.07) is 12.5. The number of hydrogen-bond acceptors (Lipinski definition) is 5. The van der Waals surface area contributed by atoms with Crippen LogP contribution in [0, 0.1) is 10.1 Å². The Kier molecular flexibility index (Phi) is 2.26. The van der Waals surface area contributed by atoms with E-state index >= 15 is 0 Å². The van der Waals surface area contributed by atoms with Gasteiger partial charge in [0.2, 0.25) is 5.52 Å². The highest BCUT2D eigenvalue weighted by Crippen LogP contribution is 2.31. The lowest BCUT2D eigenvalue weighted by Gasteiger charge is -2.01. The summed E-state index contributed by atoms with van der Waals surface area (Å²) >= 11 is 0. The van der Waals surface area contributed by atoms with E-state index in [-0.39, 0.29) is 11.2 Å². The smallest absolute Gasteiger partial charge is 0.258 e. The molecule has 0 saturated heterocycles. The zero-order valence-corrected chi connectivity index (χ0v) is 9.11. The predicted octanol–water partition coefficient (Wildman–Crippen LogP) is 2.80. The molecule has 88 valence electrons. The van der Waals surface area contributed by atoms with Gasteiger partial charge < -0.3 is 0 Å². The molecule has 0 N–H and O–H groups in total. The Morgan fingerprint density at radius 1 is 1.00 bits per heavy atom.